The van der Waals surface area contributed by atoms with E-state index in [1.165, 1.54) is 28.0 Å². The smallest absolute Gasteiger partial charge is 0.301 e. The van der Waals surface area contributed by atoms with Crippen LogP contribution in [0, 0.1) is 0 Å². The highest BCUT2D eigenvalue weighted by atomic mass is 35.5. The van der Waals surface area contributed by atoms with Gasteiger partial charge in [0.25, 0.3) is 5.78 Å². The lowest BCUT2D eigenvalue weighted by atomic mass is 9.95. The average Bonchev–Trinajstić information content (AvgIpc) is 3.63. The zero-order chi connectivity index (χ0) is 31.8. The van der Waals surface area contributed by atoms with E-state index in [4.69, 9.17) is 21.1 Å². The van der Waals surface area contributed by atoms with E-state index in [1.807, 2.05) is 24.3 Å². The first-order valence-electron chi connectivity index (χ1n) is 14.9. The number of ether oxygens (including phenoxy) is 2. The van der Waals surface area contributed by atoms with E-state index >= 15 is 0 Å². The number of ketones is 1. The van der Waals surface area contributed by atoms with Gasteiger partial charge in [-0.25, -0.2) is 0 Å². The molecule has 1 aromatic heterocycles. The lowest BCUT2D eigenvalue weighted by molar-refractivity contribution is -0.132. The number of amides is 1. The number of hydrogen-bond acceptors (Lipinski definition) is 9. The fraction of sp³-hybridized carbons (Fsp3) is 0.294. The van der Waals surface area contributed by atoms with Gasteiger partial charge >= 0.3 is 5.91 Å². The maximum Gasteiger partial charge on any atom is 0.301 e. The first kappa shape index (κ1) is 32.5. The largest absolute Gasteiger partial charge is 0.507 e. The van der Waals surface area contributed by atoms with Crippen LogP contribution < -0.4 is 14.4 Å². The number of benzene rings is 3. The summed E-state index contributed by atoms with van der Waals surface area (Å²) in [6, 6.07) is 20.7. The zero-order valence-corrected chi connectivity index (χ0v) is 27.5. The molecular formula is C34H34ClN3O5S2. The Morgan fingerprint density at radius 3 is 2.09 bits per heavy atom. The summed E-state index contributed by atoms with van der Waals surface area (Å²) in [7, 11) is 0. The van der Waals surface area contributed by atoms with Gasteiger partial charge in [-0.15, -0.1) is 10.2 Å². The van der Waals surface area contributed by atoms with Gasteiger partial charge in [0, 0.05) is 16.3 Å². The Morgan fingerprint density at radius 1 is 0.889 bits per heavy atom. The molecule has 1 aliphatic heterocycles. The Morgan fingerprint density at radius 2 is 1.49 bits per heavy atom. The van der Waals surface area contributed by atoms with Crippen LogP contribution in [0.25, 0.3) is 5.76 Å². The number of halogens is 1. The summed E-state index contributed by atoms with van der Waals surface area (Å²) in [6.45, 7) is 5.37. The summed E-state index contributed by atoms with van der Waals surface area (Å²) >= 11 is 8.70. The first-order chi connectivity index (χ1) is 21.9. The van der Waals surface area contributed by atoms with E-state index in [0.29, 0.717) is 51.0 Å². The molecule has 2 heterocycles. The molecule has 0 saturated carbocycles. The molecule has 5 rings (SSSR count). The second kappa shape index (κ2) is 15.4. The van der Waals surface area contributed by atoms with Crippen molar-refractivity contribution in [2.24, 2.45) is 0 Å². The van der Waals surface area contributed by atoms with Crippen molar-refractivity contribution in [2.45, 2.75) is 55.7 Å². The fourth-order valence-corrected chi connectivity index (χ4v) is 6.66. The molecular weight excluding hydrogens is 630 g/mol. The SMILES string of the molecule is CCCCOc1ccc(/C(O)=C2\C(=O)C(=O)N(c3nnc(SCc4ccc(Cl)cc4)s3)C2c2ccc(OCCCC)cc2)cc1. The number of hydrogen-bond donors (Lipinski definition) is 1. The van der Waals surface area contributed by atoms with Gasteiger partial charge in [-0.05, 0) is 72.5 Å². The maximum absolute atomic E-state index is 13.6. The van der Waals surface area contributed by atoms with Gasteiger partial charge in [-0.1, -0.05) is 85.7 Å². The highest BCUT2D eigenvalue weighted by Gasteiger charge is 2.48. The van der Waals surface area contributed by atoms with Gasteiger partial charge in [-0.3, -0.25) is 14.5 Å². The Balaban J connectivity index is 1.47. The molecule has 1 atom stereocenters. The average molecular weight is 664 g/mol. The molecule has 1 saturated heterocycles. The number of anilines is 1. The summed E-state index contributed by atoms with van der Waals surface area (Å²) in [5, 5.41) is 21.0. The molecule has 1 fully saturated rings. The highest BCUT2D eigenvalue weighted by Crippen LogP contribution is 2.44. The molecule has 0 aliphatic carbocycles. The van der Waals surface area contributed by atoms with Gasteiger partial charge in [-0.2, -0.15) is 0 Å². The van der Waals surface area contributed by atoms with Crippen molar-refractivity contribution in [3.05, 3.63) is 100 Å². The topological polar surface area (TPSA) is 102 Å². The molecule has 234 valence electrons. The number of nitrogens with zero attached hydrogens (tertiary/aromatic N) is 3. The number of carbonyl (C=O) groups is 2. The van der Waals surface area contributed by atoms with Crippen LogP contribution in [0.5, 0.6) is 11.5 Å². The van der Waals surface area contributed by atoms with Gasteiger partial charge in [0.05, 0.1) is 24.8 Å². The highest BCUT2D eigenvalue weighted by molar-refractivity contribution is 8.00. The number of aromatic nitrogens is 2. The van der Waals surface area contributed by atoms with Crippen molar-refractivity contribution >= 4 is 57.3 Å². The second-order valence-corrected chi connectivity index (χ2v) is 13.0. The van der Waals surface area contributed by atoms with Crippen LogP contribution in [0.15, 0.2) is 82.7 Å². The Hall–Kier alpha value is -3.86. The van der Waals surface area contributed by atoms with Crippen LogP contribution in [0.4, 0.5) is 5.13 Å². The van der Waals surface area contributed by atoms with Crippen molar-refractivity contribution in [1.29, 1.82) is 0 Å². The molecule has 0 radical (unpaired) electrons. The lowest BCUT2D eigenvalue weighted by Crippen LogP contribution is -2.29. The third-order valence-corrected chi connectivity index (χ3v) is 9.56. The summed E-state index contributed by atoms with van der Waals surface area (Å²) in [4.78, 5) is 28.5. The molecule has 1 N–H and O–H groups in total. The van der Waals surface area contributed by atoms with E-state index < -0.39 is 17.7 Å². The number of aliphatic hydroxyl groups is 1. The number of unbranched alkanes of at least 4 members (excludes halogenated alkanes) is 2. The van der Waals surface area contributed by atoms with Crippen LogP contribution in [0.3, 0.4) is 0 Å². The summed E-state index contributed by atoms with van der Waals surface area (Å²) < 4.78 is 12.2. The monoisotopic (exact) mass is 663 g/mol. The summed E-state index contributed by atoms with van der Waals surface area (Å²) in [6.07, 6.45) is 3.89. The van der Waals surface area contributed by atoms with Crippen molar-refractivity contribution in [2.75, 3.05) is 18.1 Å². The van der Waals surface area contributed by atoms with E-state index in [9.17, 15) is 14.7 Å². The number of Topliss-reactive ketones (excluding diaryl/α,β-unsaturated/α-hetero) is 1. The molecule has 0 bridgehead atoms. The molecule has 45 heavy (non-hydrogen) atoms. The van der Waals surface area contributed by atoms with Crippen molar-refractivity contribution in [3.63, 3.8) is 0 Å². The number of carbonyl (C=O) groups excluding carboxylic acids is 2. The minimum absolute atomic E-state index is 0.0233. The zero-order valence-electron chi connectivity index (χ0n) is 25.1. The summed E-state index contributed by atoms with van der Waals surface area (Å²) in [5.74, 6) is 0.120. The number of thioether (sulfide) groups is 1. The predicted molar refractivity (Wildman–Crippen MR) is 179 cm³/mol. The predicted octanol–water partition coefficient (Wildman–Crippen LogP) is 8.47. The molecule has 0 spiro atoms. The van der Waals surface area contributed by atoms with Crippen molar-refractivity contribution in [1.82, 2.24) is 10.2 Å². The Bertz CT molecular complexity index is 1640. The Kier molecular flexibility index (Phi) is 11.2. The standard InChI is InChI=1S/C34H34ClN3O5S2/c1-3-5-19-42-26-15-9-23(10-16-26)29-28(30(39)24-11-17-27(18-12-24)43-20-6-4-2)31(40)32(41)38(29)33-36-37-34(45-33)44-21-22-7-13-25(35)14-8-22/h7-18,29,39H,3-6,19-21H2,1-2H3/b30-28+. The fourth-order valence-electron chi connectivity index (χ4n) is 4.71. The molecule has 3 aromatic carbocycles. The minimum Gasteiger partial charge on any atom is -0.507 e. The minimum atomic E-state index is -0.919. The summed E-state index contributed by atoms with van der Waals surface area (Å²) in [5.41, 5.74) is 2.06. The van der Waals surface area contributed by atoms with E-state index in [0.717, 1.165) is 31.2 Å². The first-order valence-corrected chi connectivity index (χ1v) is 17.0. The van der Waals surface area contributed by atoms with Gasteiger partial charge < -0.3 is 14.6 Å². The van der Waals surface area contributed by atoms with E-state index in [-0.39, 0.29) is 16.5 Å². The third-order valence-electron chi connectivity index (χ3n) is 7.18. The lowest BCUT2D eigenvalue weighted by Gasteiger charge is -2.22. The van der Waals surface area contributed by atoms with Gasteiger partial charge in [0.2, 0.25) is 5.13 Å². The van der Waals surface area contributed by atoms with E-state index in [1.54, 1.807) is 48.5 Å². The molecule has 1 amide bonds. The molecule has 11 heteroatoms. The normalized spacial score (nSPS) is 15.9. The van der Waals surface area contributed by atoms with Crippen LogP contribution in [-0.4, -0.2) is 40.2 Å². The quantitative estimate of drug-likeness (QED) is 0.0358. The second-order valence-electron chi connectivity index (χ2n) is 10.4. The van der Waals surface area contributed by atoms with Gasteiger partial charge in [0.1, 0.15) is 17.3 Å². The van der Waals surface area contributed by atoms with Crippen molar-refractivity contribution < 1.29 is 24.2 Å². The number of rotatable bonds is 14. The Labute approximate surface area is 276 Å². The molecule has 1 unspecified atom stereocenters. The van der Waals surface area contributed by atoms with Crippen LogP contribution in [-0.2, 0) is 15.3 Å². The van der Waals surface area contributed by atoms with Crippen LogP contribution in [0.2, 0.25) is 5.02 Å². The maximum atomic E-state index is 13.6. The van der Waals surface area contributed by atoms with Crippen LogP contribution >= 0.6 is 34.7 Å². The molecule has 1 aliphatic rings. The number of aliphatic hydroxyl groups excluding tert-OH is 1. The van der Waals surface area contributed by atoms with Gasteiger partial charge in [0.15, 0.2) is 4.34 Å². The van der Waals surface area contributed by atoms with E-state index in [2.05, 4.69) is 24.0 Å². The third kappa shape index (κ3) is 7.87. The molecule has 8 nitrogen and oxygen atoms in total. The van der Waals surface area contributed by atoms with Crippen LogP contribution in [0.1, 0.15) is 62.3 Å². The van der Waals surface area contributed by atoms with Crippen molar-refractivity contribution in [3.8, 4) is 11.5 Å². The molecule has 4 aromatic rings.